The van der Waals surface area contributed by atoms with Crippen molar-refractivity contribution in [1.82, 2.24) is 25.4 Å². The van der Waals surface area contributed by atoms with Gasteiger partial charge in [-0.05, 0) is 18.6 Å². The molecule has 2 aromatic rings. The maximum atomic E-state index is 12.6. The van der Waals surface area contributed by atoms with Crippen LogP contribution in [0.5, 0.6) is 0 Å². The monoisotopic (exact) mass is 299 g/mol. The van der Waals surface area contributed by atoms with Crippen LogP contribution in [0, 0.1) is 0 Å². The van der Waals surface area contributed by atoms with E-state index in [9.17, 15) is 9.59 Å². The van der Waals surface area contributed by atoms with Crippen molar-refractivity contribution in [2.24, 2.45) is 0 Å². The number of rotatable bonds is 5. The molecule has 114 valence electrons. The van der Waals surface area contributed by atoms with E-state index in [1.165, 1.54) is 6.20 Å². The average Bonchev–Trinajstić information content (AvgIpc) is 3.19. The van der Waals surface area contributed by atoms with E-state index in [0.717, 1.165) is 12.1 Å². The lowest BCUT2D eigenvalue weighted by atomic mass is 10.2. The van der Waals surface area contributed by atoms with Crippen LogP contribution in [0.4, 0.5) is 0 Å². The van der Waals surface area contributed by atoms with Gasteiger partial charge in [0.05, 0.1) is 24.0 Å². The minimum Gasteiger partial charge on any atom is -0.352 e. The lowest BCUT2D eigenvalue weighted by Crippen LogP contribution is -2.41. The Balaban J connectivity index is 1.75. The van der Waals surface area contributed by atoms with Gasteiger partial charge < -0.3 is 10.2 Å². The Morgan fingerprint density at radius 3 is 2.95 bits per heavy atom. The highest BCUT2D eigenvalue weighted by atomic mass is 16.2. The van der Waals surface area contributed by atoms with Crippen molar-refractivity contribution in [1.29, 1.82) is 0 Å². The quantitative estimate of drug-likeness (QED) is 0.851. The number of carbonyl (C=O) groups excluding carboxylic acids is 2. The van der Waals surface area contributed by atoms with Gasteiger partial charge in [0.25, 0.3) is 5.91 Å². The second kappa shape index (κ2) is 6.38. The maximum absolute atomic E-state index is 12.6. The summed E-state index contributed by atoms with van der Waals surface area (Å²) in [5.74, 6) is -0.0842. The summed E-state index contributed by atoms with van der Waals surface area (Å²) >= 11 is 0. The molecule has 3 rings (SSSR count). The lowest BCUT2D eigenvalue weighted by molar-refractivity contribution is -0.119. The van der Waals surface area contributed by atoms with Crippen molar-refractivity contribution >= 4 is 11.8 Å². The molecule has 1 unspecified atom stereocenters. The van der Waals surface area contributed by atoms with Crippen molar-refractivity contribution < 1.29 is 9.59 Å². The van der Waals surface area contributed by atoms with Crippen molar-refractivity contribution in [3.05, 3.63) is 48.0 Å². The van der Waals surface area contributed by atoms with E-state index in [-0.39, 0.29) is 17.9 Å². The van der Waals surface area contributed by atoms with Crippen LogP contribution in [-0.2, 0) is 11.3 Å². The Bertz CT molecular complexity index is 641. The third-order valence-electron chi connectivity index (χ3n) is 3.64. The van der Waals surface area contributed by atoms with Crippen LogP contribution < -0.4 is 5.32 Å². The summed E-state index contributed by atoms with van der Waals surface area (Å²) in [5.41, 5.74) is 1.31. The topological polar surface area (TPSA) is 91.0 Å². The van der Waals surface area contributed by atoms with Crippen LogP contribution in [0.25, 0.3) is 0 Å². The molecule has 0 aliphatic carbocycles. The molecule has 0 spiro atoms. The van der Waals surface area contributed by atoms with Crippen LogP contribution in [0.1, 0.15) is 28.9 Å². The Kier molecular flexibility index (Phi) is 4.13. The molecule has 0 bridgehead atoms. The summed E-state index contributed by atoms with van der Waals surface area (Å²) in [4.78, 5) is 29.9. The summed E-state index contributed by atoms with van der Waals surface area (Å²) in [5, 5.41) is 9.36. The Morgan fingerprint density at radius 1 is 1.41 bits per heavy atom. The molecule has 22 heavy (non-hydrogen) atoms. The summed E-state index contributed by atoms with van der Waals surface area (Å²) < 4.78 is 0. The van der Waals surface area contributed by atoms with Crippen LogP contribution in [-0.4, -0.2) is 44.5 Å². The smallest absolute Gasteiger partial charge is 0.257 e. The predicted octanol–water partition coefficient (Wildman–Crippen LogP) is 0.726. The largest absolute Gasteiger partial charge is 0.352 e. The van der Waals surface area contributed by atoms with Gasteiger partial charge in [0.1, 0.15) is 0 Å². The lowest BCUT2D eigenvalue weighted by Gasteiger charge is -2.25. The highest BCUT2D eigenvalue weighted by Gasteiger charge is 2.26. The molecule has 2 aromatic heterocycles. The van der Waals surface area contributed by atoms with Crippen molar-refractivity contribution in [2.75, 3.05) is 6.54 Å². The number of aromatic nitrogens is 3. The molecule has 1 aliphatic heterocycles. The number of aromatic amines is 1. The van der Waals surface area contributed by atoms with E-state index in [0.29, 0.717) is 25.1 Å². The molecule has 0 aromatic carbocycles. The zero-order valence-electron chi connectivity index (χ0n) is 12.0. The number of hydrogen-bond donors (Lipinski definition) is 2. The molecule has 0 radical (unpaired) electrons. The zero-order chi connectivity index (χ0) is 15.4. The fourth-order valence-electron chi connectivity index (χ4n) is 2.54. The van der Waals surface area contributed by atoms with Gasteiger partial charge in [-0.15, -0.1) is 0 Å². The summed E-state index contributed by atoms with van der Waals surface area (Å²) in [7, 11) is 0. The number of nitrogens with zero attached hydrogens (tertiary/aromatic N) is 3. The van der Waals surface area contributed by atoms with Crippen LogP contribution in [0.2, 0.25) is 0 Å². The first-order chi connectivity index (χ1) is 10.7. The molecule has 7 heteroatoms. The standard InChI is InChI=1S/C15H17N5O2/c21-14-5-4-13(19-14)10-20(9-12-3-1-2-6-16-12)15(22)11-7-17-18-8-11/h1-3,6-8,13H,4-5,9-10H2,(H,17,18)(H,19,21). The minimum atomic E-state index is -0.124. The number of pyridine rings is 1. The molecule has 1 fully saturated rings. The van der Waals surface area contributed by atoms with Gasteiger partial charge in [-0.1, -0.05) is 6.07 Å². The number of H-pyrrole nitrogens is 1. The highest BCUT2D eigenvalue weighted by molar-refractivity contribution is 5.93. The molecule has 0 saturated carbocycles. The first-order valence-corrected chi connectivity index (χ1v) is 7.19. The first kappa shape index (κ1) is 14.2. The van der Waals surface area contributed by atoms with Gasteiger partial charge in [0, 0.05) is 31.4 Å². The predicted molar refractivity (Wildman–Crippen MR) is 78.7 cm³/mol. The Hall–Kier alpha value is -2.70. The molecule has 2 amide bonds. The fraction of sp³-hybridized carbons (Fsp3) is 0.333. The van der Waals surface area contributed by atoms with Gasteiger partial charge in [0.2, 0.25) is 5.91 Å². The first-order valence-electron chi connectivity index (χ1n) is 7.19. The van der Waals surface area contributed by atoms with Crippen LogP contribution in [0.3, 0.4) is 0 Å². The second-order valence-electron chi connectivity index (χ2n) is 5.30. The number of hydrogen-bond acceptors (Lipinski definition) is 4. The van der Waals surface area contributed by atoms with Gasteiger partial charge >= 0.3 is 0 Å². The Morgan fingerprint density at radius 2 is 2.32 bits per heavy atom. The summed E-state index contributed by atoms with van der Waals surface area (Å²) in [6, 6.07) is 5.60. The van der Waals surface area contributed by atoms with Crippen LogP contribution in [0.15, 0.2) is 36.8 Å². The molecule has 7 nitrogen and oxygen atoms in total. The average molecular weight is 299 g/mol. The maximum Gasteiger partial charge on any atom is 0.257 e. The van der Waals surface area contributed by atoms with E-state index in [1.54, 1.807) is 17.3 Å². The van der Waals surface area contributed by atoms with E-state index in [2.05, 4.69) is 20.5 Å². The third-order valence-corrected chi connectivity index (χ3v) is 3.64. The zero-order valence-corrected chi connectivity index (χ0v) is 12.0. The minimum absolute atomic E-state index is 0.00735. The second-order valence-corrected chi connectivity index (χ2v) is 5.30. The van der Waals surface area contributed by atoms with Crippen molar-refractivity contribution in [2.45, 2.75) is 25.4 Å². The van der Waals surface area contributed by atoms with Crippen LogP contribution >= 0.6 is 0 Å². The molecular formula is C15H17N5O2. The van der Waals surface area contributed by atoms with Gasteiger partial charge in [-0.2, -0.15) is 5.10 Å². The van der Waals surface area contributed by atoms with Crippen molar-refractivity contribution in [3.8, 4) is 0 Å². The van der Waals surface area contributed by atoms with Gasteiger partial charge in [0.15, 0.2) is 0 Å². The van der Waals surface area contributed by atoms with E-state index >= 15 is 0 Å². The van der Waals surface area contributed by atoms with Gasteiger partial charge in [-0.25, -0.2) is 0 Å². The normalized spacial score (nSPS) is 17.3. The number of amides is 2. The summed E-state index contributed by atoms with van der Waals surface area (Å²) in [6.45, 7) is 0.865. The molecule has 1 aliphatic rings. The Labute approximate surface area is 127 Å². The van der Waals surface area contributed by atoms with E-state index in [4.69, 9.17) is 0 Å². The molecule has 1 atom stereocenters. The SMILES string of the molecule is O=C1CCC(CN(Cc2ccccn2)C(=O)c2cn[nH]c2)N1. The van der Waals surface area contributed by atoms with Crippen molar-refractivity contribution in [3.63, 3.8) is 0 Å². The highest BCUT2D eigenvalue weighted by Crippen LogP contribution is 2.13. The molecule has 2 N–H and O–H groups in total. The fourth-order valence-corrected chi connectivity index (χ4v) is 2.54. The third kappa shape index (κ3) is 3.30. The molecule has 1 saturated heterocycles. The summed E-state index contributed by atoms with van der Waals surface area (Å²) in [6.07, 6.45) is 6.04. The molecular weight excluding hydrogens is 282 g/mol. The van der Waals surface area contributed by atoms with E-state index < -0.39 is 0 Å². The number of carbonyl (C=O) groups is 2. The molecule has 3 heterocycles. The van der Waals surface area contributed by atoms with E-state index in [1.807, 2.05) is 18.2 Å². The van der Waals surface area contributed by atoms with Gasteiger partial charge in [-0.3, -0.25) is 19.7 Å². The number of nitrogens with one attached hydrogen (secondary N) is 2.